The number of amides is 1. The topological polar surface area (TPSA) is 42.1 Å². The van der Waals surface area contributed by atoms with Crippen LogP contribution in [0.1, 0.15) is 31.9 Å². The van der Waals surface area contributed by atoms with Crippen LogP contribution in [-0.4, -0.2) is 47.8 Å². The van der Waals surface area contributed by atoms with Crippen molar-refractivity contribution in [3.63, 3.8) is 0 Å². The Morgan fingerprint density at radius 2 is 2.08 bits per heavy atom. The van der Waals surface area contributed by atoms with Crippen molar-refractivity contribution in [1.82, 2.24) is 4.90 Å². The second-order valence-corrected chi connectivity index (χ2v) is 8.08. The van der Waals surface area contributed by atoms with Crippen molar-refractivity contribution >= 4 is 29.3 Å². The quantitative estimate of drug-likeness (QED) is 0.716. The first-order valence-corrected chi connectivity index (χ1v) is 10.1. The molecule has 0 radical (unpaired) electrons. The molecule has 4 nitrogen and oxygen atoms in total. The molecule has 24 heavy (non-hydrogen) atoms. The molecule has 1 aromatic rings. The molecular formula is C18H24ClNO3S. The smallest absolute Gasteiger partial charge is 0.257 e. The van der Waals surface area contributed by atoms with E-state index in [1.807, 2.05) is 29.2 Å². The zero-order chi connectivity index (χ0) is 17.3. The van der Waals surface area contributed by atoms with Gasteiger partial charge in [0.25, 0.3) is 5.91 Å². The van der Waals surface area contributed by atoms with Gasteiger partial charge < -0.3 is 14.4 Å². The molecule has 2 aliphatic heterocycles. The van der Waals surface area contributed by atoms with Crippen LogP contribution >= 0.6 is 23.4 Å². The van der Waals surface area contributed by atoms with Crippen molar-refractivity contribution in [2.75, 3.05) is 18.6 Å². The van der Waals surface area contributed by atoms with Crippen molar-refractivity contribution in [2.24, 2.45) is 5.92 Å². The van der Waals surface area contributed by atoms with Gasteiger partial charge in [-0.25, -0.2) is 0 Å². The monoisotopic (exact) mass is 369 g/mol. The molecule has 4 atom stereocenters. The lowest BCUT2D eigenvalue weighted by Gasteiger charge is -2.30. The molecule has 3 rings (SSSR count). The molecule has 0 spiro atoms. The van der Waals surface area contributed by atoms with Crippen LogP contribution < -0.4 is 0 Å². The molecule has 0 bridgehead atoms. The second-order valence-electron chi connectivity index (χ2n) is 6.66. The van der Waals surface area contributed by atoms with Crippen LogP contribution in [0.3, 0.4) is 0 Å². The number of epoxide rings is 1. The van der Waals surface area contributed by atoms with Gasteiger partial charge >= 0.3 is 0 Å². The predicted octanol–water partition coefficient (Wildman–Crippen LogP) is 3.74. The third kappa shape index (κ3) is 3.74. The number of rotatable bonds is 6. The summed E-state index contributed by atoms with van der Waals surface area (Å²) in [6.45, 7) is 4.88. The number of hydrogen-bond acceptors (Lipinski definition) is 4. The summed E-state index contributed by atoms with van der Waals surface area (Å²) in [5.41, 5.74) is 1.000. The van der Waals surface area contributed by atoms with Gasteiger partial charge in [0.2, 0.25) is 0 Å². The highest BCUT2D eigenvalue weighted by Gasteiger charge is 2.52. The minimum atomic E-state index is -0.397. The van der Waals surface area contributed by atoms with Crippen LogP contribution in [0.15, 0.2) is 24.3 Å². The van der Waals surface area contributed by atoms with Crippen LogP contribution in [0.2, 0.25) is 5.02 Å². The van der Waals surface area contributed by atoms with Gasteiger partial charge in [0, 0.05) is 11.4 Å². The largest absolute Gasteiger partial charge is 0.356 e. The van der Waals surface area contributed by atoms with Gasteiger partial charge in [-0.05, 0) is 35.6 Å². The number of thioether (sulfide) groups is 1. The van der Waals surface area contributed by atoms with E-state index in [4.69, 9.17) is 21.1 Å². The van der Waals surface area contributed by atoms with Crippen LogP contribution in [0.25, 0.3) is 0 Å². The van der Waals surface area contributed by atoms with E-state index in [0.717, 1.165) is 17.7 Å². The van der Waals surface area contributed by atoms with Gasteiger partial charge in [0.05, 0.1) is 12.6 Å². The molecule has 1 amide bonds. The highest BCUT2D eigenvalue weighted by molar-refractivity contribution is 7.98. The summed E-state index contributed by atoms with van der Waals surface area (Å²) < 4.78 is 11.6. The van der Waals surface area contributed by atoms with Crippen molar-refractivity contribution in [2.45, 2.75) is 44.7 Å². The van der Waals surface area contributed by atoms with Gasteiger partial charge in [0.15, 0.2) is 6.10 Å². The molecule has 132 valence electrons. The van der Waals surface area contributed by atoms with Gasteiger partial charge in [-0.1, -0.05) is 37.6 Å². The third-order valence-electron chi connectivity index (χ3n) is 4.65. The predicted molar refractivity (Wildman–Crippen MR) is 97.3 cm³/mol. The minimum absolute atomic E-state index is 0.0530. The average molecular weight is 370 g/mol. The van der Waals surface area contributed by atoms with Crippen LogP contribution in [0.4, 0.5) is 0 Å². The molecule has 2 heterocycles. The molecule has 0 aliphatic carbocycles. The zero-order valence-electron chi connectivity index (χ0n) is 14.3. The Hall–Kier alpha value is -0.750. The van der Waals surface area contributed by atoms with E-state index < -0.39 is 6.10 Å². The average Bonchev–Trinajstić information content (AvgIpc) is 3.24. The lowest BCUT2D eigenvalue weighted by Crippen LogP contribution is -2.46. The van der Waals surface area contributed by atoms with Gasteiger partial charge in [-0.2, -0.15) is 11.8 Å². The fraction of sp³-hybridized carbons (Fsp3) is 0.611. The molecule has 2 fully saturated rings. The molecular weight excluding hydrogens is 346 g/mol. The molecule has 0 N–H and O–H groups in total. The van der Waals surface area contributed by atoms with Gasteiger partial charge in [0.1, 0.15) is 12.3 Å². The maximum Gasteiger partial charge on any atom is 0.257 e. The van der Waals surface area contributed by atoms with E-state index in [2.05, 4.69) is 20.1 Å². The fourth-order valence-electron chi connectivity index (χ4n) is 3.20. The van der Waals surface area contributed by atoms with Crippen LogP contribution in [0, 0.1) is 5.92 Å². The maximum atomic E-state index is 13.0. The van der Waals surface area contributed by atoms with E-state index in [0.29, 0.717) is 17.5 Å². The summed E-state index contributed by atoms with van der Waals surface area (Å²) in [4.78, 5) is 15.0. The fourth-order valence-corrected chi connectivity index (χ4v) is 3.76. The third-order valence-corrected chi connectivity index (χ3v) is 5.55. The molecule has 6 heteroatoms. The molecule has 0 unspecified atom stereocenters. The first-order valence-electron chi connectivity index (χ1n) is 8.36. The number of carbonyl (C=O) groups excluding carboxylic acids is 1. The number of nitrogens with zero attached hydrogens (tertiary/aromatic N) is 1. The summed E-state index contributed by atoms with van der Waals surface area (Å²) in [7, 11) is 0. The number of halogens is 1. The van der Waals surface area contributed by atoms with E-state index in [9.17, 15) is 4.79 Å². The van der Waals surface area contributed by atoms with E-state index in [1.54, 1.807) is 11.8 Å². The number of carbonyl (C=O) groups is 1. The Kier molecular flexibility index (Phi) is 5.75. The van der Waals surface area contributed by atoms with Crippen LogP contribution in [0.5, 0.6) is 0 Å². The summed E-state index contributed by atoms with van der Waals surface area (Å²) in [6, 6.07) is 7.63. The van der Waals surface area contributed by atoms with E-state index >= 15 is 0 Å². The normalized spacial score (nSPS) is 29.3. The van der Waals surface area contributed by atoms with Crippen molar-refractivity contribution in [3.05, 3.63) is 34.9 Å². The van der Waals surface area contributed by atoms with E-state index in [-0.39, 0.29) is 24.3 Å². The summed E-state index contributed by atoms with van der Waals surface area (Å²) in [5.74, 6) is 1.39. The standard InChI is InChI=1S/C18H24ClNO3S/c1-11(2)14-10-22-15(8-9-24-3)20(14)18(21)17-16(23-17)12-4-6-13(19)7-5-12/h4-7,11,14-17H,8-10H2,1-3H3/t14-,15-,16-,17+/m1/s1. The highest BCUT2D eigenvalue weighted by atomic mass is 35.5. The Balaban J connectivity index is 1.70. The molecule has 1 aromatic carbocycles. The number of ether oxygens (including phenoxy) is 2. The Bertz CT molecular complexity index is 580. The van der Waals surface area contributed by atoms with E-state index in [1.165, 1.54) is 0 Å². The summed E-state index contributed by atoms with van der Waals surface area (Å²) >= 11 is 7.70. The Morgan fingerprint density at radius 3 is 2.71 bits per heavy atom. The van der Waals surface area contributed by atoms with Gasteiger partial charge in [-0.15, -0.1) is 0 Å². The molecule has 2 saturated heterocycles. The SMILES string of the molecule is CSCC[C@H]1OC[C@H](C(C)C)N1C(=O)[C@H]1O[C@@H]1c1ccc(Cl)cc1. The van der Waals surface area contributed by atoms with Gasteiger partial charge in [-0.3, -0.25) is 4.79 Å². The Morgan fingerprint density at radius 1 is 1.38 bits per heavy atom. The maximum absolute atomic E-state index is 13.0. The lowest BCUT2D eigenvalue weighted by atomic mass is 10.0. The molecule has 0 saturated carbocycles. The molecule has 0 aromatic heterocycles. The number of hydrogen-bond donors (Lipinski definition) is 0. The van der Waals surface area contributed by atoms with Crippen LogP contribution in [-0.2, 0) is 14.3 Å². The summed E-state index contributed by atoms with van der Waals surface area (Å²) in [5, 5.41) is 0.687. The first-order chi connectivity index (χ1) is 11.5. The van der Waals surface area contributed by atoms with Crippen molar-refractivity contribution in [3.8, 4) is 0 Å². The molecule has 2 aliphatic rings. The highest BCUT2D eigenvalue weighted by Crippen LogP contribution is 2.42. The van der Waals surface area contributed by atoms with Crippen molar-refractivity contribution in [1.29, 1.82) is 0 Å². The number of benzene rings is 1. The zero-order valence-corrected chi connectivity index (χ0v) is 15.8. The first kappa shape index (κ1) is 18.1. The van der Waals surface area contributed by atoms with Crippen molar-refractivity contribution < 1.29 is 14.3 Å². The Labute approximate surface area is 152 Å². The minimum Gasteiger partial charge on any atom is -0.356 e. The lowest BCUT2D eigenvalue weighted by molar-refractivity contribution is -0.139. The second kappa shape index (κ2) is 7.65. The summed E-state index contributed by atoms with van der Waals surface area (Å²) in [6.07, 6.45) is 2.23.